The summed E-state index contributed by atoms with van der Waals surface area (Å²) < 4.78 is 11.6. The van der Waals surface area contributed by atoms with E-state index < -0.39 is 0 Å². The van der Waals surface area contributed by atoms with E-state index in [0.29, 0.717) is 39.0 Å². The minimum atomic E-state index is 0.0173. The van der Waals surface area contributed by atoms with Gasteiger partial charge in [-0.15, -0.1) is 0 Å². The molecular weight excluding hydrogens is 406 g/mol. The van der Waals surface area contributed by atoms with Crippen LogP contribution in [0.2, 0.25) is 0 Å². The van der Waals surface area contributed by atoms with Crippen LogP contribution in [-0.4, -0.2) is 55.7 Å². The zero-order valence-corrected chi connectivity index (χ0v) is 18.3. The van der Waals surface area contributed by atoms with E-state index in [4.69, 9.17) is 9.47 Å². The third kappa shape index (κ3) is 6.55. The molecule has 7 heteroatoms. The van der Waals surface area contributed by atoms with Gasteiger partial charge in [-0.25, -0.2) is 0 Å². The van der Waals surface area contributed by atoms with Crippen molar-refractivity contribution in [3.05, 3.63) is 59.7 Å². The Morgan fingerprint density at radius 2 is 2.06 bits per heavy atom. The van der Waals surface area contributed by atoms with Crippen LogP contribution in [0, 0.1) is 0 Å². The zero-order chi connectivity index (χ0) is 22.2. The van der Waals surface area contributed by atoms with Gasteiger partial charge in [0.25, 0.3) is 0 Å². The van der Waals surface area contributed by atoms with Gasteiger partial charge in [0.05, 0.1) is 19.3 Å². The molecule has 32 heavy (non-hydrogen) atoms. The molecule has 0 spiro atoms. The van der Waals surface area contributed by atoms with Gasteiger partial charge in [-0.3, -0.25) is 14.5 Å². The average Bonchev–Trinajstić information content (AvgIpc) is 2.81. The van der Waals surface area contributed by atoms with Crippen LogP contribution in [-0.2, 0) is 27.3 Å². The third-order valence-corrected chi connectivity index (χ3v) is 5.79. The van der Waals surface area contributed by atoms with E-state index in [2.05, 4.69) is 39.8 Å². The molecule has 0 aliphatic carbocycles. The van der Waals surface area contributed by atoms with E-state index in [-0.39, 0.29) is 17.9 Å². The van der Waals surface area contributed by atoms with Gasteiger partial charge < -0.3 is 20.1 Å². The molecule has 0 saturated carbocycles. The molecule has 2 amide bonds. The number of carbonyl (C=O) groups is 2. The summed E-state index contributed by atoms with van der Waals surface area (Å²) in [6.07, 6.45) is 2.31. The van der Waals surface area contributed by atoms with E-state index in [1.807, 2.05) is 24.3 Å². The van der Waals surface area contributed by atoms with Crippen LogP contribution in [0.1, 0.15) is 30.4 Å². The molecule has 1 unspecified atom stereocenters. The number of nitrogens with one attached hydrogen (secondary N) is 2. The summed E-state index contributed by atoms with van der Waals surface area (Å²) >= 11 is 0. The fourth-order valence-corrected chi connectivity index (χ4v) is 4.08. The SMILES string of the molecule is O=C(CCCOc1ccc2c(c1)CCC(=O)N2)NCC1CN(Cc2ccccc2)CCO1. The topological polar surface area (TPSA) is 79.9 Å². The molecule has 2 aromatic carbocycles. The third-order valence-electron chi connectivity index (χ3n) is 5.79. The lowest BCUT2D eigenvalue weighted by molar-refractivity contribution is -0.122. The van der Waals surface area contributed by atoms with Crippen LogP contribution < -0.4 is 15.4 Å². The molecule has 170 valence electrons. The van der Waals surface area contributed by atoms with Crippen LogP contribution in [0.5, 0.6) is 5.75 Å². The van der Waals surface area contributed by atoms with Gasteiger partial charge in [-0.05, 0) is 42.2 Å². The van der Waals surface area contributed by atoms with Gasteiger partial charge >= 0.3 is 0 Å². The highest BCUT2D eigenvalue weighted by atomic mass is 16.5. The van der Waals surface area contributed by atoms with Crippen molar-refractivity contribution in [2.24, 2.45) is 0 Å². The molecule has 2 aliphatic rings. The largest absolute Gasteiger partial charge is 0.494 e. The highest BCUT2D eigenvalue weighted by Crippen LogP contribution is 2.26. The first kappa shape index (κ1) is 22.3. The van der Waals surface area contributed by atoms with Crippen molar-refractivity contribution in [3.8, 4) is 5.75 Å². The van der Waals surface area contributed by atoms with Gasteiger partial charge in [0.2, 0.25) is 11.8 Å². The quantitative estimate of drug-likeness (QED) is 0.590. The van der Waals surface area contributed by atoms with Crippen molar-refractivity contribution < 1.29 is 19.1 Å². The molecule has 0 radical (unpaired) electrons. The molecule has 0 aromatic heterocycles. The van der Waals surface area contributed by atoms with Gasteiger partial charge in [-0.2, -0.15) is 0 Å². The van der Waals surface area contributed by atoms with Crippen LogP contribution >= 0.6 is 0 Å². The lowest BCUT2D eigenvalue weighted by Crippen LogP contribution is -2.47. The second-order valence-electron chi connectivity index (χ2n) is 8.34. The molecule has 1 fully saturated rings. The maximum absolute atomic E-state index is 12.2. The molecule has 2 N–H and O–H groups in total. The Kier molecular flexibility index (Phi) is 7.74. The summed E-state index contributed by atoms with van der Waals surface area (Å²) in [7, 11) is 0. The molecule has 7 nitrogen and oxygen atoms in total. The lowest BCUT2D eigenvalue weighted by Gasteiger charge is -2.33. The number of hydrogen-bond acceptors (Lipinski definition) is 5. The molecule has 0 bridgehead atoms. The normalized spacial score (nSPS) is 18.5. The molecule has 4 rings (SSSR count). The van der Waals surface area contributed by atoms with E-state index in [1.165, 1.54) is 5.56 Å². The Hall–Kier alpha value is -2.90. The number of fused-ring (bicyclic) bond motifs is 1. The number of morpholine rings is 1. The van der Waals surface area contributed by atoms with Crippen molar-refractivity contribution in [2.75, 3.05) is 38.2 Å². The Bertz CT molecular complexity index is 919. The van der Waals surface area contributed by atoms with Gasteiger partial charge in [0.15, 0.2) is 0 Å². The first-order valence-electron chi connectivity index (χ1n) is 11.4. The lowest BCUT2D eigenvalue weighted by atomic mass is 10.0. The van der Waals surface area contributed by atoms with Crippen molar-refractivity contribution in [1.29, 1.82) is 0 Å². The second-order valence-corrected chi connectivity index (χ2v) is 8.34. The number of rotatable bonds is 9. The smallest absolute Gasteiger partial charge is 0.224 e. The van der Waals surface area contributed by atoms with E-state index in [9.17, 15) is 9.59 Å². The van der Waals surface area contributed by atoms with Crippen LogP contribution in [0.4, 0.5) is 5.69 Å². The molecule has 2 aliphatic heterocycles. The predicted molar refractivity (Wildman–Crippen MR) is 123 cm³/mol. The number of aryl methyl sites for hydroxylation is 1. The maximum atomic E-state index is 12.2. The number of benzene rings is 2. The number of carbonyl (C=O) groups excluding carboxylic acids is 2. The summed E-state index contributed by atoms with van der Waals surface area (Å²) in [4.78, 5) is 26.0. The number of ether oxygens (including phenoxy) is 2. The summed E-state index contributed by atoms with van der Waals surface area (Å²) in [5.74, 6) is 0.847. The van der Waals surface area contributed by atoms with E-state index >= 15 is 0 Å². The second kappa shape index (κ2) is 11.1. The number of nitrogens with zero attached hydrogens (tertiary/aromatic N) is 1. The van der Waals surface area contributed by atoms with E-state index in [0.717, 1.165) is 43.1 Å². The van der Waals surface area contributed by atoms with Crippen molar-refractivity contribution in [3.63, 3.8) is 0 Å². The summed E-state index contributed by atoms with van der Waals surface area (Å²) in [5.41, 5.74) is 3.25. The molecule has 2 heterocycles. The molecule has 1 atom stereocenters. The van der Waals surface area contributed by atoms with Crippen molar-refractivity contribution in [1.82, 2.24) is 10.2 Å². The number of anilines is 1. The van der Waals surface area contributed by atoms with E-state index in [1.54, 1.807) is 0 Å². The van der Waals surface area contributed by atoms with Crippen molar-refractivity contribution in [2.45, 2.75) is 38.3 Å². The zero-order valence-electron chi connectivity index (χ0n) is 18.3. The first-order chi connectivity index (χ1) is 15.7. The highest BCUT2D eigenvalue weighted by molar-refractivity contribution is 5.94. The average molecular weight is 438 g/mol. The number of hydrogen-bond donors (Lipinski definition) is 2. The fourth-order valence-electron chi connectivity index (χ4n) is 4.08. The van der Waals surface area contributed by atoms with Gasteiger partial charge in [0, 0.05) is 44.7 Å². The van der Waals surface area contributed by atoms with Crippen molar-refractivity contribution >= 4 is 17.5 Å². The van der Waals surface area contributed by atoms with Crippen LogP contribution in [0.15, 0.2) is 48.5 Å². The molecule has 1 saturated heterocycles. The molecule has 2 aromatic rings. The van der Waals surface area contributed by atoms with Crippen LogP contribution in [0.3, 0.4) is 0 Å². The number of amides is 2. The fraction of sp³-hybridized carbons (Fsp3) is 0.440. The Balaban J connectivity index is 1.12. The van der Waals surface area contributed by atoms with Crippen LogP contribution in [0.25, 0.3) is 0 Å². The standard InChI is InChI=1S/C25H31N3O4/c29-24(7-4-13-31-21-9-10-23-20(15-21)8-11-25(30)27-23)26-16-22-18-28(12-14-32-22)17-19-5-2-1-3-6-19/h1-3,5-6,9-10,15,22H,4,7-8,11-14,16-18H2,(H,26,29)(H,27,30). The minimum Gasteiger partial charge on any atom is -0.494 e. The Labute approximate surface area is 189 Å². The molecular formula is C25H31N3O4. The minimum absolute atomic E-state index is 0.0173. The summed E-state index contributed by atoms with van der Waals surface area (Å²) in [6, 6.07) is 16.1. The predicted octanol–water partition coefficient (Wildman–Crippen LogP) is 2.75. The van der Waals surface area contributed by atoms with Gasteiger partial charge in [-0.1, -0.05) is 30.3 Å². The Morgan fingerprint density at radius 3 is 2.94 bits per heavy atom. The van der Waals surface area contributed by atoms with Gasteiger partial charge in [0.1, 0.15) is 5.75 Å². The summed E-state index contributed by atoms with van der Waals surface area (Å²) in [5, 5.41) is 5.86. The maximum Gasteiger partial charge on any atom is 0.224 e. The first-order valence-corrected chi connectivity index (χ1v) is 11.4. The Morgan fingerprint density at radius 1 is 1.19 bits per heavy atom. The monoisotopic (exact) mass is 437 g/mol. The highest BCUT2D eigenvalue weighted by Gasteiger charge is 2.21. The summed E-state index contributed by atoms with van der Waals surface area (Å²) in [6.45, 7) is 4.32.